The summed E-state index contributed by atoms with van der Waals surface area (Å²) >= 11 is 0. The van der Waals surface area contributed by atoms with Crippen LogP contribution in [0, 0.1) is 11.8 Å². The van der Waals surface area contributed by atoms with E-state index in [0.29, 0.717) is 67.5 Å². The third kappa shape index (κ3) is 11.9. The summed E-state index contributed by atoms with van der Waals surface area (Å²) in [5, 5.41) is 10.4. The third-order valence-corrected chi connectivity index (χ3v) is 15.8. The summed E-state index contributed by atoms with van der Waals surface area (Å²) in [7, 11) is 1.83. The lowest BCUT2D eigenvalue weighted by atomic mass is 9.91. The first-order chi connectivity index (χ1) is 35.7. The van der Waals surface area contributed by atoms with E-state index in [1.807, 2.05) is 44.0 Å². The zero-order chi connectivity index (χ0) is 52.1. The number of aromatic nitrogens is 5. The van der Waals surface area contributed by atoms with Crippen molar-refractivity contribution in [2.45, 2.75) is 116 Å². The number of likely N-dealkylation sites (tertiary alicyclic amines) is 2. The Morgan fingerprint density at radius 2 is 1.49 bits per heavy atom. The predicted octanol–water partition coefficient (Wildman–Crippen LogP) is 6.84. The predicted molar refractivity (Wildman–Crippen MR) is 275 cm³/mol. The molecule has 1 N–H and O–H groups in total. The van der Waals surface area contributed by atoms with Gasteiger partial charge in [0.15, 0.2) is 0 Å². The lowest BCUT2D eigenvalue weighted by Crippen LogP contribution is -2.52. The number of imide groups is 1. The second-order valence-corrected chi connectivity index (χ2v) is 20.7. The number of aryl methyl sites for hydroxylation is 1. The van der Waals surface area contributed by atoms with E-state index >= 15 is 0 Å². The summed E-state index contributed by atoms with van der Waals surface area (Å²) in [6.45, 7) is 12.0. The van der Waals surface area contributed by atoms with E-state index in [-0.39, 0.29) is 42.1 Å². The van der Waals surface area contributed by atoms with Crippen LogP contribution < -0.4 is 15.9 Å². The summed E-state index contributed by atoms with van der Waals surface area (Å²) in [6.07, 6.45) is 10.6. The van der Waals surface area contributed by atoms with Crippen LogP contribution in [0.1, 0.15) is 123 Å². The summed E-state index contributed by atoms with van der Waals surface area (Å²) < 4.78 is 47.8. The number of benzene rings is 2. The number of carbonyl (C=O) groups is 4. The number of alkyl halides is 3. The Balaban J connectivity index is 0.00000106. The number of pyridine rings is 1. The van der Waals surface area contributed by atoms with Gasteiger partial charge >= 0.3 is 11.9 Å². The molecular weight excluding hydrogens is 952 g/mol. The molecule has 2 aromatic carbocycles. The van der Waals surface area contributed by atoms with Crippen LogP contribution in [0.2, 0.25) is 0 Å². The number of anilines is 1. The van der Waals surface area contributed by atoms with Crippen molar-refractivity contribution in [1.29, 1.82) is 0 Å². The maximum Gasteiger partial charge on any atom is 0.418 e. The van der Waals surface area contributed by atoms with E-state index in [1.165, 1.54) is 42.6 Å². The maximum absolute atomic E-state index is 14.5. The molecule has 5 fully saturated rings. The second kappa shape index (κ2) is 23.1. The molecule has 396 valence electrons. The van der Waals surface area contributed by atoms with Crippen LogP contribution in [0.4, 0.5) is 18.9 Å². The number of imidazole rings is 1. The zero-order valence-corrected chi connectivity index (χ0v) is 43.0. The van der Waals surface area contributed by atoms with Gasteiger partial charge in [-0.2, -0.15) is 13.2 Å². The number of hydrogen-bond donors (Lipinski definition) is 1. The number of hydrogen-bond acceptors (Lipinski definition) is 10. The quantitative estimate of drug-likeness (QED) is 0.139. The standard InChI is InChI=1S/C49H56F3N11O5.C4H8.C2H6/c1-56-31-53-55-43(56)23-34-3-2-4-38(21-34)61-30-42-40(49(50,51)52)22-35(28-63(42)48(61)68)27-57-13-9-32(10-14-57)24-45(65)60-15-11-33(12-16-60)26-58-17-19-59(20-18-58)37-5-6-39-36(25-37)29-62(47(39)67)41-7-8-44(64)54-46(41)66;1-2-4-3-1;1-2/h2-6,21-22,25,28,30-33,41H,7-20,23-24,26-27,29H2,1H3,(H,54,64,66);1-4H2;1-2H3. The maximum atomic E-state index is 14.5. The molecule has 8 heterocycles. The Bertz CT molecular complexity index is 2860. The Morgan fingerprint density at radius 1 is 0.770 bits per heavy atom. The smallest absolute Gasteiger partial charge is 0.369 e. The van der Waals surface area contributed by atoms with Gasteiger partial charge in [0.1, 0.15) is 18.2 Å². The third-order valence-electron chi connectivity index (χ3n) is 15.8. The van der Waals surface area contributed by atoms with Crippen LogP contribution in [-0.2, 0) is 47.1 Å². The van der Waals surface area contributed by atoms with Gasteiger partial charge in [0.05, 0.1) is 16.8 Å². The highest BCUT2D eigenvalue weighted by molar-refractivity contribution is 6.05. The van der Waals surface area contributed by atoms with Crippen molar-refractivity contribution in [2.24, 2.45) is 18.9 Å². The number of fused-ring (bicyclic) bond motifs is 2. The van der Waals surface area contributed by atoms with Crippen LogP contribution in [0.5, 0.6) is 0 Å². The fraction of sp³-hybridized carbons (Fsp3) is 0.545. The summed E-state index contributed by atoms with van der Waals surface area (Å²) in [4.78, 5) is 75.1. The number of piperazine rings is 1. The van der Waals surface area contributed by atoms with E-state index in [9.17, 15) is 37.1 Å². The molecule has 1 aliphatic carbocycles. The monoisotopic (exact) mass is 1020 g/mol. The fourth-order valence-corrected chi connectivity index (χ4v) is 11.1. The largest absolute Gasteiger partial charge is 0.418 e. The summed E-state index contributed by atoms with van der Waals surface area (Å²) in [6, 6.07) is 13.6. The van der Waals surface area contributed by atoms with Crippen LogP contribution in [0.3, 0.4) is 0 Å². The average Bonchev–Trinajstić information content (AvgIpc) is 4.05. The molecule has 3 aromatic heterocycles. The Morgan fingerprint density at radius 3 is 2.15 bits per heavy atom. The second-order valence-electron chi connectivity index (χ2n) is 20.7. The van der Waals surface area contributed by atoms with Gasteiger partial charge in [0, 0.05) is 109 Å². The number of nitrogens with zero attached hydrogens (tertiary/aromatic N) is 10. The van der Waals surface area contributed by atoms with Gasteiger partial charge in [-0.05, 0) is 110 Å². The van der Waals surface area contributed by atoms with Gasteiger partial charge in [0.25, 0.3) is 5.91 Å². The van der Waals surface area contributed by atoms with E-state index in [1.54, 1.807) is 34.0 Å². The Kier molecular flexibility index (Phi) is 16.4. The molecule has 16 nitrogen and oxygen atoms in total. The SMILES string of the molecule is C1CCC1.CC.Cn1cnnc1Cc1cccc(-n2cc3c(C(F)(F)F)cc(CN4CCC(CC(=O)N5CCC(CN6CCN(c7ccc8c(c7)CN(C7CCC(=O)NC7=O)C8=O)CC6)CC5)CC4)cn3c2=O)c1. The van der Waals surface area contributed by atoms with Gasteiger partial charge in [-0.15, -0.1) is 10.2 Å². The van der Waals surface area contributed by atoms with E-state index < -0.39 is 29.4 Å². The van der Waals surface area contributed by atoms with Crippen molar-refractivity contribution in [3.8, 4) is 5.69 Å². The van der Waals surface area contributed by atoms with Crippen LogP contribution in [-0.4, -0.2) is 132 Å². The normalized spacial score (nSPS) is 20.2. The number of nitrogens with one attached hydrogen (secondary N) is 1. The molecule has 1 atom stereocenters. The van der Waals surface area contributed by atoms with Crippen molar-refractivity contribution < 1.29 is 32.3 Å². The van der Waals surface area contributed by atoms with Crippen molar-refractivity contribution in [1.82, 2.24) is 48.6 Å². The zero-order valence-electron chi connectivity index (χ0n) is 43.0. The molecule has 74 heavy (non-hydrogen) atoms. The fourth-order valence-electron chi connectivity index (χ4n) is 11.1. The lowest BCUT2D eigenvalue weighted by molar-refractivity contribution is -0.137. The Hall–Kier alpha value is -6.34. The molecule has 4 saturated heterocycles. The van der Waals surface area contributed by atoms with Crippen LogP contribution in [0.25, 0.3) is 11.2 Å². The van der Waals surface area contributed by atoms with Gasteiger partial charge in [-0.25, -0.2) is 4.79 Å². The first kappa shape index (κ1) is 52.5. The van der Waals surface area contributed by atoms with Gasteiger partial charge in [-0.3, -0.25) is 43.3 Å². The lowest BCUT2D eigenvalue weighted by Gasteiger charge is -2.40. The highest BCUT2D eigenvalue weighted by atomic mass is 19.4. The van der Waals surface area contributed by atoms with Crippen molar-refractivity contribution in [3.63, 3.8) is 0 Å². The summed E-state index contributed by atoms with van der Waals surface area (Å²) in [5.41, 5.74) is 2.64. The molecule has 0 bridgehead atoms. The minimum atomic E-state index is -4.67. The van der Waals surface area contributed by atoms with Crippen molar-refractivity contribution >= 4 is 34.8 Å². The topological polar surface area (TPSA) is 154 Å². The molecule has 4 amide bonds. The first-order valence-electron chi connectivity index (χ1n) is 26.7. The number of piperidine rings is 3. The molecule has 1 unspecified atom stereocenters. The van der Waals surface area contributed by atoms with Gasteiger partial charge in [-0.1, -0.05) is 51.7 Å². The summed E-state index contributed by atoms with van der Waals surface area (Å²) in [5.74, 6) is 0.734. The highest BCUT2D eigenvalue weighted by Gasteiger charge is 2.40. The van der Waals surface area contributed by atoms with Crippen molar-refractivity contribution in [3.05, 3.63) is 111 Å². The molecule has 5 aliphatic heterocycles. The minimum Gasteiger partial charge on any atom is -0.369 e. The highest BCUT2D eigenvalue weighted by Crippen LogP contribution is 2.35. The molecule has 0 radical (unpaired) electrons. The molecule has 19 heteroatoms. The molecular formula is C55H70F3N11O5. The van der Waals surface area contributed by atoms with Crippen molar-refractivity contribution in [2.75, 3.05) is 63.8 Å². The first-order valence-corrected chi connectivity index (χ1v) is 26.7. The molecule has 11 rings (SSSR count). The van der Waals surface area contributed by atoms with Gasteiger partial charge in [0.2, 0.25) is 17.7 Å². The Labute approximate surface area is 430 Å². The van der Waals surface area contributed by atoms with E-state index in [2.05, 4.69) is 36.3 Å². The number of amides is 4. The number of carbonyl (C=O) groups excluding carboxylic acids is 4. The number of halogens is 3. The van der Waals surface area contributed by atoms with Crippen LogP contribution in [0.15, 0.2) is 72.0 Å². The number of rotatable bonds is 11. The minimum absolute atomic E-state index is 0.167. The van der Waals surface area contributed by atoms with E-state index in [0.717, 1.165) is 98.8 Å². The molecule has 6 aliphatic rings. The molecule has 5 aromatic rings. The van der Waals surface area contributed by atoms with Crippen LogP contribution >= 0.6 is 0 Å². The average molecular weight is 1020 g/mol. The molecule has 1 saturated carbocycles. The van der Waals surface area contributed by atoms with Gasteiger partial charge < -0.3 is 19.3 Å². The van der Waals surface area contributed by atoms with E-state index in [4.69, 9.17) is 0 Å². The molecule has 0 spiro atoms.